The fourth-order valence-corrected chi connectivity index (χ4v) is 6.37. The molecule has 12 heteroatoms. The van der Waals surface area contributed by atoms with Gasteiger partial charge in [0, 0.05) is 47.8 Å². The fourth-order valence-electron chi connectivity index (χ4n) is 5.28. The van der Waals surface area contributed by atoms with Gasteiger partial charge >= 0.3 is 5.97 Å². The number of hydrogen-bond donors (Lipinski definition) is 0. The number of halogens is 1. The van der Waals surface area contributed by atoms with E-state index >= 15 is 0 Å². The lowest BCUT2D eigenvalue weighted by molar-refractivity contribution is -0.132. The highest BCUT2D eigenvalue weighted by atomic mass is 35.5. The van der Waals surface area contributed by atoms with E-state index in [0.29, 0.717) is 42.4 Å². The minimum atomic E-state index is -3.92. The van der Waals surface area contributed by atoms with Crippen LogP contribution in [0.15, 0.2) is 78.9 Å². The van der Waals surface area contributed by atoms with Crippen molar-refractivity contribution in [2.45, 2.75) is 13.5 Å². The van der Waals surface area contributed by atoms with Crippen molar-refractivity contribution in [1.29, 1.82) is 0 Å². The van der Waals surface area contributed by atoms with Gasteiger partial charge in [-0.05, 0) is 55.5 Å². The third kappa shape index (κ3) is 6.37. The van der Waals surface area contributed by atoms with Gasteiger partial charge in [0.2, 0.25) is 15.9 Å². The number of sulfonamides is 1. The van der Waals surface area contributed by atoms with Crippen molar-refractivity contribution in [2.24, 2.45) is 0 Å². The molecule has 10 nitrogen and oxygen atoms in total. The Bertz CT molecular complexity index is 1780. The Labute approximate surface area is 255 Å². The molecule has 1 aliphatic rings. The number of para-hydroxylation sites is 2. The number of fused-ring (bicyclic) bond motifs is 1. The maximum Gasteiger partial charge on any atom is 0.354 e. The van der Waals surface area contributed by atoms with Crippen LogP contribution >= 0.6 is 11.6 Å². The van der Waals surface area contributed by atoms with Crippen LogP contribution in [0.2, 0.25) is 5.02 Å². The van der Waals surface area contributed by atoms with Crippen molar-refractivity contribution < 1.29 is 27.5 Å². The molecule has 0 spiro atoms. The van der Waals surface area contributed by atoms with E-state index in [1.807, 2.05) is 4.90 Å². The van der Waals surface area contributed by atoms with Crippen molar-refractivity contribution in [3.05, 3.63) is 95.1 Å². The molecule has 0 unspecified atom stereocenters. The molecule has 0 radical (unpaired) electrons. The van der Waals surface area contributed by atoms with Crippen molar-refractivity contribution in [3.8, 4) is 0 Å². The van der Waals surface area contributed by atoms with Gasteiger partial charge in [-0.2, -0.15) is 0 Å². The normalized spacial score (nSPS) is 13.7. The number of carbonyl (C=O) groups is 3. The summed E-state index contributed by atoms with van der Waals surface area (Å²) in [6.45, 7) is 3.45. The van der Waals surface area contributed by atoms with Gasteiger partial charge in [0.1, 0.15) is 12.2 Å². The van der Waals surface area contributed by atoms with E-state index in [4.69, 9.17) is 16.3 Å². The van der Waals surface area contributed by atoms with Crippen molar-refractivity contribution in [1.82, 2.24) is 9.47 Å². The van der Waals surface area contributed by atoms with E-state index in [9.17, 15) is 22.8 Å². The fraction of sp³-hybridized carbons (Fsp3) is 0.258. The van der Waals surface area contributed by atoms with Gasteiger partial charge in [0.05, 0.1) is 24.1 Å². The van der Waals surface area contributed by atoms with Gasteiger partial charge < -0.3 is 19.1 Å². The summed E-state index contributed by atoms with van der Waals surface area (Å²) in [6, 6.07) is 22.0. The molecule has 0 aliphatic carbocycles. The Balaban J connectivity index is 1.34. The number of hydrogen-bond acceptors (Lipinski definition) is 7. The number of rotatable bonds is 8. The quantitative estimate of drug-likeness (QED) is 0.268. The molecule has 0 saturated carbocycles. The first-order valence-electron chi connectivity index (χ1n) is 13.8. The summed E-state index contributed by atoms with van der Waals surface area (Å²) in [6.07, 6.45) is 1.00. The summed E-state index contributed by atoms with van der Waals surface area (Å²) >= 11 is 6.16. The molecule has 43 heavy (non-hydrogen) atoms. The highest BCUT2D eigenvalue weighted by Crippen LogP contribution is 2.28. The molecule has 1 fully saturated rings. The average molecular weight is 623 g/mol. The Hall–Kier alpha value is -4.35. The molecule has 1 aromatic heterocycles. The summed E-state index contributed by atoms with van der Waals surface area (Å²) in [5.74, 6) is -1.35. The zero-order valence-electron chi connectivity index (χ0n) is 23.8. The summed E-state index contributed by atoms with van der Waals surface area (Å²) in [5, 5.41) is 1.25. The van der Waals surface area contributed by atoms with E-state index in [0.717, 1.165) is 15.9 Å². The lowest BCUT2D eigenvalue weighted by Crippen LogP contribution is -2.50. The molecule has 1 saturated heterocycles. The predicted octanol–water partition coefficient (Wildman–Crippen LogP) is 4.43. The van der Waals surface area contributed by atoms with Crippen LogP contribution in [0, 0.1) is 0 Å². The number of esters is 1. The van der Waals surface area contributed by atoms with Crippen LogP contribution in [0.5, 0.6) is 0 Å². The van der Waals surface area contributed by atoms with Gasteiger partial charge in [-0.3, -0.25) is 9.59 Å². The van der Waals surface area contributed by atoms with Crippen LogP contribution in [0.4, 0.5) is 11.4 Å². The summed E-state index contributed by atoms with van der Waals surface area (Å²) in [5.41, 5.74) is 2.05. The minimum absolute atomic E-state index is 0.0608. The van der Waals surface area contributed by atoms with Crippen molar-refractivity contribution in [2.75, 3.05) is 48.2 Å². The number of ether oxygens (including phenoxy) is 1. The molecule has 3 aromatic carbocycles. The van der Waals surface area contributed by atoms with Crippen LogP contribution in [0.1, 0.15) is 27.8 Å². The van der Waals surface area contributed by atoms with Gasteiger partial charge in [-0.15, -0.1) is 0 Å². The first kappa shape index (κ1) is 30.1. The standard InChI is InChI=1S/C31H31ClN4O6S/c1-3-42-31(39)28-20-22-19-23(32)13-14-26(22)35(28)21-29(37)34-17-15-33(16-18-34)27-12-8-7-11-25(27)30(38)36(43(2,40)41)24-9-5-4-6-10-24/h4-14,19-20H,3,15-18,21H2,1-2H3. The van der Waals surface area contributed by atoms with E-state index in [2.05, 4.69) is 0 Å². The van der Waals surface area contributed by atoms with E-state index in [-0.39, 0.29) is 36.0 Å². The van der Waals surface area contributed by atoms with E-state index < -0.39 is 21.9 Å². The van der Waals surface area contributed by atoms with Crippen LogP contribution in [0.25, 0.3) is 10.9 Å². The zero-order valence-corrected chi connectivity index (χ0v) is 25.3. The summed E-state index contributed by atoms with van der Waals surface area (Å²) in [4.78, 5) is 43.5. The molecule has 1 aliphatic heterocycles. The second-order valence-corrected chi connectivity index (χ2v) is 12.4. The number of anilines is 2. The maximum atomic E-state index is 13.7. The highest BCUT2D eigenvalue weighted by Gasteiger charge is 2.31. The second kappa shape index (κ2) is 12.5. The van der Waals surface area contributed by atoms with Gasteiger partial charge in [0.15, 0.2) is 0 Å². The van der Waals surface area contributed by atoms with E-state index in [1.165, 1.54) is 0 Å². The maximum absolute atomic E-state index is 13.7. The molecule has 0 bridgehead atoms. The highest BCUT2D eigenvalue weighted by molar-refractivity contribution is 7.92. The molecule has 4 aromatic rings. The predicted molar refractivity (Wildman–Crippen MR) is 166 cm³/mol. The molecule has 0 N–H and O–H groups in total. The Morgan fingerprint density at radius 1 is 0.907 bits per heavy atom. The Morgan fingerprint density at radius 3 is 2.26 bits per heavy atom. The van der Waals surface area contributed by atoms with Crippen LogP contribution in [-0.2, 0) is 26.1 Å². The molecular formula is C31H31ClN4O6S. The van der Waals surface area contributed by atoms with Crippen LogP contribution < -0.4 is 9.21 Å². The first-order chi connectivity index (χ1) is 20.6. The number of benzene rings is 3. The monoisotopic (exact) mass is 622 g/mol. The number of carbonyl (C=O) groups excluding carboxylic acids is 3. The molecule has 2 amide bonds. The van der Waals surface area contributed by atoms with Crippen LogP contribution in [0.3, 0.4) is 0 Å². The third-order valence-electron chi connectivity index (χ3n) is 7.26. The first-order valence-corrected chi connectivity index (χ1v) is 16.0. The van der Waals surface area contributed by atoms with Gasteiger partial charge in [-0.25, -0.2) is 17.5 Å². The second-order valence-electron chi connectivity index (χ2n) is 10.1. The summed E-state index contributed by atoms with van der Waals surface area (Å²) in [7, 11) is -3.92. The van der Waals surface area contributed by atoms with E-state index in [1.54, 1.807) is 95.3 Å². The number of piperazine rings is 1. The topological polar surface area (TPSA) is 109 Å². The lowest BCUT2D eigenvalue weighted by Gasteiger charge is -2.37. The molecule has 224 valence electrons. The molecule has 0 atom stereocenters. The Kier molecular flexibility index (Phi) is 8.74. The third-order valence-corrected chi connectivity index (χ3v) is 8.53. The zero-order chi connectivity index (χ0) is 30.7. The lowest BCUT2D eigenvalue weighted by atomic mass is 10.1. The summed E-state index contributed by atoms with van der Waals surface area (Å²) < 4.78 is 33.1. The molecule has 2 heterocycles. The number of amides is 2. The van der Waals surface area contributed by atoms with Crippen LogP contribution in [-0.4, -0.2) is 74.7 Å². The minimum Gasteiger partial charge on any atom is -0.461 e. The number of aromatic nitrogens is 1. The number of nitrogens with zero attached hydrogens (tertiary/aromatic N) is 4. The molecular weight excluding hydrogens is 592 g/mol. The SMILES string of the molecule is CCOC(=O)c1cc2cc(Cl)ccc2n1CC(=O)N1CCN(c2ccccc2C(=O)N(c2ccccc2)S(C)(=O)=O)CC1. The van der Waals surface area contributed by atoms with Crippen molar-refractivity contribution >= 4 is 61.7 Å². The van der Waals surface area contributed by atoms with Gasteiger partial charge in [-0.1, -0.05) is 41.9 Å². The average Bonchev–Trinajstić information content (AvgIpc) is 3.34. The molecule has 5 rings (SSSR count). The smallest absolute Gasteiger partial charge is 0.354 e. The Morgan fingerprint density at radius 2 is 1.58 bits per heavy atom. The van der Waals surface area contributed by atoms with Gasteiger partial charge in [0.25, 0.3) is 5.91 Å². The van der Waals surface area contributed by atoms with Crippen molar-refractivity contribution in [3.63, 3.8) is 0 Å². The largest absolute Gasteiger partial charge is 0.461 e.